The summed E-state index contributed by atoms with van der Waals surface area (Å²) in [6.07, 6.45) is 7.54. The molecule has 10 heteroatoms. The summed E-state index contributed by atoms with van der Waals surface area (Å²) in [5.74, 6) is -0.721. The number of hydrogen-bond acceptors (Lipinski definition) is 8. The molecule has 4 rings (SSSR count). The van der Waals surface area contributed by atoms with Crippen LogP contribution in [0.4, 0.5) is 5.82 Å². The summed E-state index contributed by atoms with van der Waals surface area (Å²) in [7, 11) is 0. The highest BCUT2D eigenvalue weighted by Gasteiger charge is 2.58. The van der Waals surface area contributed by atoms with Crippen molar-refractivity contribution in [2.24, 2.45) is 0 Å². The molecule has 4 atom stereocenters. The summed E-state index contributed by atoms with van der Waals surface area (Å²) in [4.78, 5) is 25.5. The maximum atomic E-state index is 12.9. The van der Waals surface area contributed by atoms with Crippen LogP contribution in [0.2, 0.25) is 0 Å². The zero-order chi connectivity index (χ0) is 22.0. The Bertz CT molecular complexity index is 916. The largest absolute Gasteiger partial charge is 0.382 e. The monoisotopic (exact) mass is 432 g/mol. The summed E-state index contributed by atoms with van der Waals surface area (Å²) >= 11 is 0. The molecular weight excluding hydrogens is 400 g/mol. The molecule has 0 radical (unpaired) electrons. The predicted molar refractivity (Wildman–Crippen MR) is 114 cm³/mol. The van der Waals surface area contributed by atoms with Crippen LogP contribution in [-0.4, -0.2) is 56.1 Å². The third-order valence-corrected chi connectivity index (χ3v) is 5.78. The van der Waals surface area contributed by atoms with Crippen molar-refractivity contribution >= 4 is 22.9 Å². The maximum Gasteiger partial charge on any atom is 0.252 e. The predicted octanol–water partition coefficient (Wildman–Crippen LogP) is 2.30. The third kappa shape index (κ3) is 4.51. The van der Waals surface area contributed by atoms with Crippen LogP contribution in [0.3, 0.4) is 0 Å². The fourth-order valence-electron chi connectivity index (χ4n) is 4.29. The first-order chi connectivity index (χ1) is 14.9. The smallest absolute Gasteiger partial charge is 0.252 e. The van der Waals surface area contributed by atoms with Gasteiger partial charge in [-0.15, -0.1) is 0 Å². The van der Waals surface area contributed by atoms with E-state index in [4.69, 9.17) is 19.9 Å². The van der Waals surface area contributed by atoms with Crippen molar-refractivity contribution < 1.29 is 19.0 Å². The topological polar surface area (TPSA) is 126 Å². The molecule has 2 aliphatic heterocycles. The quantitative estimate of drug-likeness (QED) is 0.578. The highest BCUT2D eigenvalue weighted by atomic mass is 16.8. The lowest BCUT2D eigenvalue weighted by Gasteiger charge is -2.24. The highest BCUT2D eigenvalue weighted by Crippen LogP contribution is 2.43. The van der Waals surface area contributed by atoms with Gasteiger partial charge in [-0.25, -0.2) is 15.0 Å². The Balaban J connectivity index is 1.45. The number of nitrogens with one attached hydrogen (secondary N) is 1. The van der Waals surface area contributed by atoms with E-state index < -0.39 is 30.3 Å². The van der Waals surface area contributed by atoms with Gasteiger partial charge in [0.05, 0.1) is 6.33 Å². The molecule has 170 valence electrons. The Labute approximate surface area is 181 Å². The minimum Gasteiger partial charge on any atom is -0.382 e. The van der Waals surface area contributed by atoms with Gasteiger partial charge in [-0.3, -0.25) is 9.36 Å². The Morgan fingerprint density at radius 3 is 2.68 bits per heavy atom. The summed E-state index contributed by atoms with van der Waals surface area (Å²) in [6, 6.07) is 0. The van der Waals surface area contributed by atoms with E-state index in [-0.39, 0.29) is 11.7 Å². The molecule has 10 nitrogen and oxygen atoms in total. The molecule has 0 spiro atoms. The number of ether oxygens (including phenoxy) is 3. The van der Waals surface area contributed by atoms with Gasteiger partial charge >= 0.3 is 0 Å². The fraction of sp³-hybridized carbons (Fsp3) is 0.714. The van der Waals surface area contributed by atoms with Gasteiger partial charge in [0.2, 0.25) is 0 Å². The summed E-state index contributed by atoms with van der Waals surface area (Å²) in [6.45, 7) is 6.49. The molecule has 31 heavy (non-hydrogen) atoms. The lowest BCUT2D eigenvalue weighted by Crippen LogP contribution is -2.43. The van der Waals surface area contributed by atoms with Crippen molar-refractivity contribution in [1.82, 2.24) is 24.8 Å². The number of nitrogens with two attached hydrogens (primary N) is 1. The van der Waals surface area contributed by atoms with Crippen molar-refractivity contribution in [3.63, 3.8) is 0 Å². The van der Waals surface area contributed by atoms with Crippen molar-refractivity contribution in [2.45, 2.75) is 89.6 Å². The molecule has 3 N–H and O–H groups in total. The van der Waals surface area contributed by atoms with Gasteiger partial charge in [-0.05, 0) is 20.3 Å². The zero-order valence-electron chi connectivity index (χ0n) is 18.4. The number of fused-ring (bicyclic) bond motifs is 2. The SMILES string of the molecule is CCCCCCCCNC(=O)C1OC(n2cnc3c(N)ncnc32)C2OC(C)(C)OC12. The molecule has 0 bridgehead atoms. The van der Waals surface area contributed by atoms with Gasteiger partial charge in [0, 0.05) is 6.54 Å². The number of carbonyl (C=O) groups excluding carboxylic acids is 1. The third-order valence-electron chi connectivity index (χ3n) is 5.78. The van der Waals surface area contributed by atoms with E-state index in [1.807, 2.05) is 13.8 Å². The lowest BCUT2D eigenvalue weighted by atomic mass is 10.1. The number of aromatic nitrogens is 4. The first-order valence-electron chi connectivity index (χ1n) is 11.1. The van der Waals surface area contributed by atoms with E-state index >= 15 is 0 Å². The highest BCUT2D eigenvalue weighted by molar-refractivity contribution is 5.83. The number of imidazole rings is 1. The molecule has 2 aliphatic rings. The number of hydrogen-bond donors (Lipinski definition) is 2. The number of rotatable bonds is 9. The second kappa shape index (κ2) is 9.05. The Hall–Kier alpha value is -2.30. The van der Waals surface area contributed by atoms with Crippen LogP contribution >= 0.6 is 0 Å². The number of anilines is 1. The normalized spacial score (nSPS) is 26.9. The fourth-order valence-corrected chi connectivity index (χ4v) is 4.29. The van der Waals surface area contributed by atoms with Gasteiger partial charge in [-0.2, -0.15) is 0 Å². The van der Waals surface area contributed by atoms with Gasteiger partial charge in [0.1, 0.15) is 24.1 Å². The Kier molecular flexibility index (Phi) is 6.40. The van der Waals surface area contributed by atoms with Crippen molar-refractivity contribution in [3.8, 4) is 0 Å². The van der Waals surface area contributed by atoms with Crippen LogP contribution in [0.5, 0.6) is 0 Å². The van der Waals surface area contributed by atoms with Crippen LogP contribution < -0.4 is 11.1 Å². The van der Waals surface area contributed by atoms with E-state index in [0.717, 1.165) is 12.8 Å². The van der Waals surface area contributed by atoms with Gasteiger partial charge < -0.3 is 25.3 Å². The van der Waals surface area contributed by atoms with Crippen LogP contribution in [0, 0.1) is 0 Å². The second-order valence-corrected chi connectivity index (χ2v) is 8.65. The first-order valence-corrected chi connectivity index (χ1v) is 11.1. The van der Waals surface area contributed by atoms with E-state index in [9.17, 15) is 4.79 Å². The zero-order valence-corrected chi connectivity index (χ0v) is 18.4. The standard InChI is InChI=1S/C21H32N6O4/c1-4-5-6-7-8-9-10-23-19(28)15-14-16(31-21(2,3)30-14)20(29-15)27-12-26-13-17(22)24-11-25-18(13)27/h11-12,14-16,20H,4-10H2,1-3H3,(H,23,28)(H2,22,24,25). The van der Waals surface area contributed by atoms with E-state index in [0.29, 0.717) is 17.7 Å². The van der Waals surface area contributed by atoms with E-state index in [2.05, 4.69) is 27.2 Å². The lowest BCUT2D eigenvalue weighted by molar-refractivity contribution is -0.197. The Morgan fingerprint density at radius 1 is 1.13 bits per heavy atom. The summed E-state index contributed by atoms with van der Waals surface area (Å²) in [5, 5.41) is 3.00. The molecule has 2 fully saturated rings. The Morgan fingerprint density at radius 2 is 1.87 bits per heavy atom. The molecule has 2 aromatic rings. The maximum absolute atomic E-state index is 12.9. The number of nitrogens with zero attached hydrogens (tertiary/aromatic N) is 4. The second-order valence-electron chi connectivity index (χ2n) is 8.65. The van der Waals surface area contributed by atoms with Gasteiger partial charge in [0.25, 0.3) is 5.91 Å². The van der Waals surface area contributed by atoms with Crippen molar-refractivity contribution in [2.75, 3.05) is 12.3 Å². The number of unbranched alkanes of at least 4 members (excludes halogenated alkanes) is 5. The van der Waals surface area contributed by atoms with Crippen LogP contribution in [0.15, 0.2) is 12.7 Å². The van der Waals surface area contributed by atoms with E-state index in [1.165, 1.54) is 32.0 Å². The minimum atomic E-state index is -0.820. The van der Waals surface area contributed by atoms with E-state index in [1.54, 1.807) is 10.9 Å². The number of amides is 1. The summed E-state index contributed by atoms with van der Waals surface area (Å²) < 4.78 is 20.0. The van der Waals surface area contributed by atoms with Crippen LogP contribution in [0.1, 0.15) is 65.5 Å². The molecular formula is C21H32N6O4. The van der Waals surface area contributed by atoms with Crippen molar-refractivity contribution in [1.29, 1.82) is 0 Å². The van der Waals surface area contributed by atoms with Gasteiger partial charge in [-0.1, -0.05) is 39.0 Å². The van der Waals surface area contributed by atoms with Gasteiger partial charge in [0.15, 0.2) is 29.6 Å². The summed E-state index contributed by atoms with van der Waals surface area (Å²) in [5.41, 5.74) is 6.92. The number of carbonyl (C=O) groups is 1. The molecule has 0 aliphatic carbocycles. The molecule has 2 saturated heterocycles. The molecule has 4 heterocycles. The molecule has 1 amide bonds. The van der Waals surface area contributed by atoms with Crippen LogP contribution in [-0.2, 0) is 19.0 Å². The average molecular weight is 433 g/mol. The molecule has 4 unspecified atom stereocenters. The first kappa shape index (κ1) is 21.9. The van der Waals surface area contributed by atoms with Crippen LogP contribution in [0.25, 0.3) is 11.2 Å². The minimum absolute atomic E-state index is 0.189. The molecule has 2 aromatic heterocycles. The average Bonchev–Trinajstić information content (AvgIpc) is 3.38. The molecule has 0 saturated carbocycles. The number of nitrogen functional groups attached to an aromatic ring is 1. The van der Waals surface area contributed by atoms with Crippen molar-refractivity contribution in [3.05, 3.63) is 12.7 Å². The molecule has 0 aromatic carbocycles.